The van der Waals surface area contributed by atoms with Crippen molar-refractivity contribution in [1.82, 2.24) is 0 Å². The van der Waals surface area contributed by atoms with Gasteiger partial charge < -0.3 is 0 Å². The van der Waals surface area contributed by atoms with Gasteiger partial charge in [0.1, 0.15) is 4.90 Å². The first kappa shape index (κ1) is 8.99. The van der Waals surface area contributed by atoms with E-state index in [4.69, 9.17) is 23.2 Å². The Labute approximate surface area is 85.1 Å². The van der Waals surface area contributed by atoms with Gasteiger partial charge in [0.15, 0.2) is 5.17 Å². The van der Waals surface area contributed by atoms with Crippen molar-refractivity contribution in [2.24, 2.45) is 4.40 Å². The normalized spacial score (nSPS) is 18.2. The van der Waals surface area contributed by atoms with Gasteiger partial charge in [-0.2, -0.15) is 8.42 Å². The predicted molar refractivity (Wildman–Crippen MR) is 51.0 cm³/mol. The summed E-state index contributed by atoms with van der Waals surface area (Å²) in [4.78, 5) is 0.00154. The molecule has 1 aromatic carbocycles. The van der Waals surface area contributed by atoms with Crippen LogP contribution in [0.4, 0.5) is 0 Å². The van der Waals surface area contributed by atoms with Gasteiger partial charge in [0.25, 0.3) is 10.0 Å². The van der Waals surface area contributed by atoms with Gasteiger partial charge in [-0.25, -0.2) is 0 Å². The van der Waals surface area contributed by atoms with Crippen LogP contribution in [0.25, 0.3) is 0 Å². The number of halogens is 2. The largest absolute Gasteiger partial charge is 0.285 e. The van der Waals surface area contributed by atoms with Crippen molar-refractivity contribution in [2.45, 2.75) is 4.90 Å². The maximum Gasteiger partial charge on any atom is 0.285 e. The highest BCUT2D eigenvalue weighted by Crippen LogP contribution is 2.33. The molecule has 0 radical (unpaired) electrons. The molecule has 0 saturated carbocycles. The summed E-state index contributed by atoms with van der Waals surface area (Å²) in [6.07, 6.45) is 0. The Bertz CT molecular complexity index is 507. The second kappa shape index (κ2) is 2.70. The molecule has 0 fully saturated rings. The summed E-state index contributed by atoms with van der Waals surface area (Å²) >= 11 is 11.3. The summed E-state index contributed by atoms with van der Waals surface area (Å²) < 4.78 is 26.0. The van der Waals surface area contributed by atoms with Crippen LogP contribution >= 0.6 is 23.2 Å². The van der Waals surface area contributed by atoms with Crippen molar-refractivity contribution in [3.8, 4) is 0 Å². The summed E-state index contributed by atoms with van der Waals surface area (Å²) in [5.41, 5.74) is 0.370. The van der Waals surface area contributed by atoms with Crippen LogP contribution in [0.3, 0.4) is 0 Å². The Morgan fingerprint density at radius 1 is 1.23 bits per heavy atom. The van der Waals surface area contributed by atoms with E-state index in [-0.39, 0.29) is 15.1 Å². The van der Waals surface area contributed by atoms with Crippen molar-refractivity contribution >= 4 is 38.4 Å². The number of rotatable bonds is 0. The summed E-state index contributed by atoms with van der Waals surface area (Å²) in [5.74, 6) is 0. The molecule has 68 valence electrons. The third-order valence-corrected chi connectivity index (χ3v) is 3.84. The van der Waals surface area contributed by atoms with E-state index in [2.05, 4.69) is 4.40 Å². The van der Waals surface area contributed by atoms with Crippen LogP contribution < -0.4 is 0 Å². The first-order valence-corrected chi connectivity index (χ1v) is 5.51. The molecule has 0 unspecified atom stereocenters. The number of benzene rings is 1. The predicted octanol–water partition coefficient (Wildman–Crippen LogP) is 2.03. The fourth-order valence-corrected chi connectivity index (χ4v) is 3.24. The molecule has 0 bridgehead atoms. The lowest BCUT2D eigenvalue weighted by Gasteiger charge is -1.98. The first-order chi connectivity index (χ1) is 6.02. The van der Waals surface area contributed by atoms with Crippen LogP contribution in [0.15, 0.2) is 27.5 Å². The van der Waals surface area contributed by atoms with Crippen LogP contribution in [0.5, 0.6) is 0 Å². The minimum Gasteiger partial charge on any atom is -0.199 e. The Morgan fingerprint density at radius 2 is 1.92 bits per heavy atom. The van der Waals surface area contributed by atoms with E-state index in [9.17, 15) is 8.42 Å². The molecule has 0 aromatic heterocycles. The van der Waals surface area contributed by atoms with Crippen LogP contribution in [-0.4, -0.2) is 13.6 Å². The van der Waals surface area contributed by atoms with Gasteiger partial charge in [0.2, 0.25) is 0 Å². The summed E-state index contributed by atoms with van der Waals surface area (Å²) in [6, 6.07) is 4.68. The number of sulfonamides is 1. The van der Waals surface area contributed by atoms with Crippen molar-refractivity contribution in [1.29, 1.82) is 0 Å². The van der Waals surface area contributed by atoms with E-state index >= 15 is 0 Å². The third kappa shape index (κ3) is 1.25. The average Bonchev–Trinajstić information content (AvgIpc) is 2.24. The number of hydrogen-bond donors (Lipinski definition) is 0. The highest BCUT2D eigenvalue weighted by atomic mass is 35.5. The minimum absolute atomic E-state index is 0.00154. The van der Waals surface area contributed by atoms with Crippen LogP contribution in [0.1, 0.15) is 5.56 Å². The minimum atomic E-state index is -3.66. The molecule has 1 heterocycles. The molecule has 3 nitrogen and oxygen atoms in total. The molecule has 6 heteroatoms. The van der Waals surface area contributed by atoms with Crippen LogP contribution in [0, 0.1) is 0 Å². The fourth-order valence-electron chi connectivity index (χ4n) is 1.13. The van der Waals surface area contributed by atoms with E-state index in [1.807, 2.05) is 0 Å². The van der Waals surface area contributed by atoms with E-state index in [0.29, 0.717) is 5.56 Å². The first-order valence-electron chi connectivity index (χ1n) is 3.32. The maximum absolute atomic E-state index is 11.3. The van der Waals surface area contributed by atoms with E-state index in [0.717, 1.165) is 0 Å². The Morgan fingerprint density at radius 3 is 2.54 bits per heavy atom. The maximum atomic E-state index is 11.3. The van der Waals surface area contributed by atoms with Crippen molar-refractivity contribution in [3.05, 3.63) is 28.8 Å². The monoisotopic (exact) mass is 235 g/mol. The SMILES string of the molecule is O=S1(=O)N=C(Cl)c2cccc(Cl)c21. The average molecular weight is 236 g/mol. The van der Waals surface area contributed by atoms with Gasteiger partial charge in [-0.15, -0.1) is 4.40 Å². The molecule has 0 aliphatic carbocycles. The molecule has 0 saturated heterocycles. The van der Waals surface area contributed by atoms with Crippen LogP contribution in [0.2, 0.25) is 5.02 Å². The quantitative estimate of drug-likeness (QED) is 0.691. The molecule has 2 rings (SSSR count). The number of hydrogen-bond acceptors (Lipinski definition) is 2. The molecule has 0 N–H and O–H groups in total. The van der Waals surface area contributed by atoms with Gasteiger partial charge in [-0.1, -0.05) is 35.3 Å². The van der Waals surface area contributed by atoms with Crippen LogP contribution in [-0.2, 0) is 10.0 Å². The molecule has 1 aromatic rings. The van der Waals surface area contributed by atoms with Gasteiger partial charge in [0, 0.05) is 5.56 Å². The lowest BCUT2D eigenvalue weighted by Crippen LogP contribution is -1.94. The zero-order chi connectivity index (χ0) is 9.64. The van der Waals surface area contributed by atoms with E-state index in [1.54, 1.807) is 12.1 Å². The Hall–Kier alpha value is -0.580. The molecule has 0 atom stereocenters. The second-order valence-corrected chi connectivity index (χ2v) is 4.78. The third-order valence-electron chi connectivity index (χ3n) is 1.65. The number of nitrogens with zero attached hydrogens (tertiary/aromatic N) is 1. The lowest BCUT2D eigenvalue weighted by atomic mass is 10.2. The summed E-state index contributed by atoms with van der Waals surface area (Å²) in [7, 11) is -3.66. The molecule has 0 spiro atoms. The highest BCUT2D eigenvalue weighted by molar-refractivity contribution is 7.91. The van der Waals surface area contributed by atoms with Gasteiger partial charge in [0.05, 0.1) is 5.02 Å². The molecule has 13 heavy (non-hydrogen) atoms. The fraction of sp³-hybridized carbons (Fsp3) is 0. The van der Waals surface area contributed by atoms with E-state index in [1.165, 1.54) is 6.07 Å². The lowest BCUT2D eigenvalue weighted by molar-refractivity contribution is 0.599. The van der Waals surface area contributed by atoms with Gasteiger partial charge in [-0.3, -0.25) is 0 Å². The van der Waals surface area contributed by atoms with Crippen molar-refractivity contribution in [2.75, 3.05) is 0 Å². The summed E-state index contributed by atoms with van der Waals surface area (Å²) in [5, 5.41) is 0.120. The van der Waals surface area contributed by atoms with Gasteiger partial charge >= 0.3 is 0 Å². The molecule has 1 aliphatic rings. The van der Waals surface area contributed by atoms with Crippen molar-refractivity contribution in [3.63, 3.8) is 0 Å². The summed E-state index contributed by atoms with van der Waals surface area (Å²) in [6.45, 7) is 0. The Kier molecular flexibility index (Phi) is 1.87. The van der Waals surface area contributed by atoms with E-state index < -0.39 is 10.0 Å². The molecule has 0 amide bonds. The number of fused-ring (bicyclic) bond motifs is 1. The smallest absolute Gasteiger partial charge is 0.199 e. The zero-order valence-corrected chi connectivity index (χ0v) is 8.49. The zero-order valence-electron chi connectivity index (χ0n) is 6.16. The molecular weight excluding hydrogens is 233 g/mol. The molecule has 1 aliphatic heterocycles. The molecular formula is C7H3Cl2NO2S. The highest BCUT2D eigenvalue weighted by Gasteiger charge is 2.30. The standard InChI is InChI=1S/C7H3Cl2NO2S/c8-5-3-1-2-4-6(5)13(11,12)10-7(4)9/h1-3H. The topological polar surface area (TPSA) is 46.5 Å². The Balaban J connectivity index is 2.90. The van der Waals surface area contributed by atoms with Gasteiger partial charge in [-0.05, 0) is 6.07 Å². The second-order valence-electron chi connectivity index (χ2n) is 2.47. The van der Waals surface area contributed by atoms with Crippen molar-refractivity contribution < 1.29 is 8.42 Å².